The summed E-state index contributed by atoms with van der Waals surface area (Å²) < 4.78 is 13.6. The van der Waals surface area contributed by atoms with E-state index in [9.17, 15) is 18.8 Å². The fourth-order valence-corrected chi connectivity index (χ4v) is 2.81. The second-order valence-corrected chi connectivity index (χ2v) is 6.43. The molecule has 1 aliphatic rings. The van der Waals surface area contributed by atoms with Crippen LogP contribution in [0.15, 0.2) is 54.6 Å². The molecule has 8 heteroatoms. The Labute approximate surface area is 155 Å². The number of carbonyl (C=O) groups is 3. The molecule has 0 unspecified atom stereocenters. The number of aryl methyl sites for hydroxylation is 1. The zero-order valence-electron chi connectivity index (χ0n) is 14.7. The van der Waals surface area contributed by atoms with Gasteiger partial charge in [-0.05, 0) is 37.5 Å². The maximum absolute atomic E-state index is 13.6. The molecule has 3 rings (SSSR count). The summed E-state index contributed by atoms with van der Waals surface area (Å²) in [5.74, 6) is -1.20. The van der Waals surface area contributed by atoms with E-state index in [0.717, 1.165) is 5.56 Å². The molecular formula is C19H19FN4O3. The lowest BCUT2D eigenvalue weighted by Crippen LogP contribution is -2.50. The van der Waals surface area contributed by atoms with Gasteiger partial charge < -0.3 is 10.6 Å². The van der Waals surface area contributed by atoms with E-state index in [0.29, 0.717) is 17.9 Å². The number of halogens is 1. The van der Waals surface area contributed by atoms with Gasteiger partial charge in [-0.2, -0.15) is 5.01 Å². The van der Waals surface area contributed by atoms with Crippen molar-refractivity contribution in [1.82, 2.24) is 15.8 Å². The predicted molar refractivity (Wildman–Crippen MR) is 97.1 cm³/mol. The SMILES string of the molecule is C[C@]1(CCc2ccccc2)NC(=O)N(NC(=O)Nc2ccccc2F)C1=O. The van der Waals surface area contributed by atoms with Gasteiger partial charge in [0.25, 0.3) is 5.91 Å². The van der Waals surface area contributed by atoms with E-state index in [1.807, 2.05) is 30.3 Å². The molecule has 0 aromatic heterocycles. The number of nitrogens with zero attached hydrogens (tertiary/aromatic N) is 1. The molecule has 1 aliphatic heterocycles. The van der Waals surface area contributed by atoms with Crippen molar-refractivity contribution in [2.75, 3.05) is 5.32 Å². The van der Waals surface area contributed by atoms with Crippen LogP contribution < -0.4 is 16.1 Å². The summed E-state index contributed by atoms with van der Waals surface area (Å²) in [6, 6.07) is 13.5. The Morgan fingerprint density at radius 3 is 2.48 bits per heavy atom. The Balaban J connectivity index is 1.63. The largest absolute Gasteiger partial charge is 0.344 e. The number of nitrogens with one attached hydrogen (secondary N) is 3. The van der Waals surface area contributed by atoms with E-state index in [-0.39, 0.29) is 5.69 Å². The van der Waals surface area contributed by atoms with Crippen LogP contribution in [0, 0.1) is 5.82 Å². The number of benzene rings is 2. The Kier molecular flexibility index (Phi) is 5.07. The summed E-state index contributed by atoms with van der Waals surface area (Å²) in [6.07, 6.45) is 0.952. The van der Waals surface area contributed by atoms with E-state index >= 15 is 0 Å². The van der Waals surface area contributed by atoms with E-state index in [1.54, 1.807) is 13.0 Å². The molecule has 1 heterocycles. The van der Waals surface area contributed by atoms with Gasteiger partial charge >= 0.3 is 12.1 Å². The summed E-state index contributed by atoms with van der Waals surface area (Å²) >= 11 is 0. The van der Waals surface area contributed by atoms with Crippen LogP contribution in [0.4, 0.5) is 19.7 Å². The average molecular weight is 370 g/mol. The van der Waals surface area contributed by atoms with Crippen LogP contribution in [0.1, 0.15) is 18.9 Å². The van der Waals surface area contributed by atoms with Crippen molar-refractivity contribution in [2.24, 2.45) is 0 Å². The van der Waals surface area contributed by atoms with Crippen LogP contribution in [-0.4, -0.2) is 28.5 Å². The predicted octanol–water partition coefficient (Wildman–Crippen LogP) is 2.81. The lowest BCUT2D eigenvalue weighted by atomic mass is 9.93. The average Bonchev–Trinajstić information content (AvgIpc) is 2.86. The summed E-state index contributed by atoms with van der Waals surface area (Å²) in [7, 11) is 0. The van der Waals surface area contributed by atoms with Crippen molar-refractivity contribution in [1.29, 1.82) is 0 Å². The molecule has 7 nitrogen and oxygen atoms in total. The number of anilines is 1. The van der Waals surface area contributed by atoms with Crippen LogP contribution in [0.5, 0.6) is 0 Å². The first-order chi connectivity index (χ1) is 12.9. The number of rotatable bonds is 5. The van der Waals surface area contributed by atoms with Crippen molar-refractivity contribution >= 4 is 23.7 Å². The molecule has 5 amide bonds. The van der Waals surface area contributed by atoms with Crippen molar-refractivity contribution < 1.29 is 18.8 Å². The number of hydrogen-bond acceptors (Lipinski definition) is 3. The Morgan fingerprint density at radius 1 is 1.11 bits per heavy atom. The zero-order valence-corrected chi connectivity index (χ0v) is 14.7. The van der Waals surface area contributed by atoms with Crippen LogP contribution in [-0.2, 0) is 11.2 Å². The maximum atomic E-state index is 13.6. The minimum absolute atomic E-state index is 0.0612. The summed E-state index contributed by atoms with van der Waals surface area (Å²) in [5.41, 5.74) is 1.99. The first-order valence-electron chi connectivity index (χ1n) is 8.42. The lowest BCUT2D eigenvalue weighted by molar-refractivity contribution is -0.132. The molecule has 27 heavy (non-hydrogen) atoms. The van der Waals surface area contributed by atoms with Crippen molar-refractivity contribution in [3.63, 3.8) is 0 Å². The first kappa shape index (κ1) is 18.4. The van der Waals surface area contributed by atoms with Gasteiger partial charge in [-0.3, -0.25) is 4.79 Å². The second kappa shape index (κ2) is 7.45. The van der Waals surface area contributed by atoms with Gasteiger partial charge in [0.2, 0.25) is 0 Å². The standard InChI is InChI=1S/C19H19FN4O3/c1-19(12-11-13-7-3-2-4-8-13)16(25)24(18(27)22-19)23-17(26)21-15-10-6-5-9-14(15)20/h2-10H,11-12H2,1H3,(H,22,27)(H2,21,23,26)/t19-/m1/s1. The van der Waals surface area contributed by atoms with E-state index in [1.165, 1.54) is 18.2 Å². The molecule has 0 spiro atoms. The fourth-order valence-electron chi connectivity index (χ4n) is 2.81. The molecule has 0 bridgehead atoms. The van der Waals surface area contributed by atoms with E-state index in [4.69, 9.17) is 0 Å². The Morgan fingerprint density at radius 2 is 1.78 bits per heavy atom. The second-order valence-electron chi connectivity index (χ2n) is 6.43. The first-order valence-corrected chi connectivity index (χ1v) is 8.42. The third kappa shape index (κ3) is 4.05. The molecule has 3 N–H and O–H groups in total. The van der Waals surface area contributed by atoms with Crippen LogP contribution in [0.2, 0.25) is 0 Å². The number of urea groups is 2. The summed E-state index contributed by atoms with van der Waals surface area (Å²) in [4.78, 5) is 36.8. The van der Waals surface area contributed by atoms with E-state index < -0.39 is 29.3 Å². The smallest absolute Gasteiger partial charge is 0.322 e. The highest BCUT2D eigenvalue weighted by atomic mass is 19.1. The minimum atomic E-state index is -1.14. The van der Waals surface area contributed by atoms with E-state index in [2.05, 4.69) is 16.1 Å². The van der Waals surface area contributed by atoms with Crippen LogP contribution in [0.3, 0.4) is 0 Å². The van der Waals surface area contributed by atoms with Gasteiger partial charge in [0.1, 0.15) is 11.4 Å². The van der Waals surface area contributed by atoms with Crippen LogP contribution in [0.25, 0.3) is 0 Å². The lowest BCUT2D eigenvalue weighted by Gasteiger charge is -2.21. The van der Waals surface area contributed by atoms with Gasteiger partial charge in [0.15, 0.2) is 0 Å². The van der Waals surface area contributed by atoms with Gasteiger partial charge in [-0.15, -0.1) is 0 Å². The fraction of sp³-hybridized carbons (Fsp3) is 0.211. The number of amides is 5. The highest BCUT2D eigenvalue weighted by molar-refractivity contribution is 6.08. The Hall–Kier alpha value is -3.42. The zero-order chi connectivity index (χ0) is 19.4. The quantitative estimate of drug-likeness (QED) is 0.707. The van der Waals surface area contributed by atoms with Gasteiger partial charge in [-0.25, -0.2) is 19.4 Å². The molecule has 0 aliphatic carbocycles. The molecule has 2 aromatic rings. The molecule has 1 saturated heterocycles. The highest BCUT2D eigenvalue weighted by Crippen LogP contribution is 2.22. The van der Waals surface area contributed by atoms with Crippen LogP contribution >= 0.6 is 0 Å². The molecule has 1 fully saturated rings. The van der Waals surface area contributed by atoms with Gasteiger partial charge in [0, 0.05) is 0 Å². The molecular weight excluding hydrogens is 351 g/mol. The minimum Gasteiger partial charge on any atom is -0.322 e. The topological polar surface area (TPSA) is 90.5 Å². The monoisotopic (exact) mass is 370 g/mol. The normalized spacial score (nSPS) is 19.0. The highest BCUT2D eigenvalue weighted by Gasteiger charge is 2.48. The summed E-state index contributed by atoms with van der Waals surface area (Å²) in [5, 5.41) is 5.48. The maximum Gasteiger partial charge on any atom is 0.344 e. The van der Waals surface area contributed by atoms with Crippen molar-refractivity contribution in [3.8, 4) is 0 Å². The van der Waals surface area contributed by atoms with Gasteiger partial charge in [-0.1, -0.05) is 42.5 Å². The number of hydrazine groups is 1. The molecule has 140 valence electrons. The number of carbonyl (C=O) groups excluding carboxylic acids is 3. The number of imide groups is 1. The third-order valence-electron chi connectivity index (χ3n) is 4.35. The summed E-state index contributed by atoms with van der Waals surface area (Å²) in [6.45, 7) is 1.60. The molecule has 0 radical (unpaired) electrons. The third-order valence-corrected chi connectivity index (χ3v) is 4.35. The molecule has 0 saturated carbocycles. The molecule has 1 atom stereocenters. The van der Waals surface area contributed by atoms with Crippen molar-refractivity contribution in [3.05, 3.63) is 66.0 Å². The van der Waals surface area contributed by atoms with Crippen molar-refractivity contribution in [2.45, 2.75) is 25.3 Å². The number of hydrogen-bond donors (Lipinski definition) is 3. The molecule has 2 aromatic carbocycles. The number of para-hydroxylation sites is 1. The Bertz CT molecular complexity index is 874. The van der Waals surface area contributed by atoms with Gasteiger partial charge in [0.05, 0.1) is 5.69 Å².